The Hall–Kier alpha value is -2.60. The van der Waals surface area contributed by atoms with Crippen molar-refractivity contribution in [2.75, 3.05) is 21.2 Å². The van der Waals surface area contributed by atoms with Crippen molar-refractivity contribution >= 4 is 34.6 Å². The summed E-state index contributed by atoms with van der Waals surface area (Å²) in [7, 11) is 4.69. The molecule has 0 fully saturated rings. The third-order valence-electron chi connectivity index (χ3n) is 3.62. The summed E-state index contributed by atoms with van der Waals surface area (Å²) in [5, 5.41) is 9.24. The van der Waals surface area contributed by atoms with Crippen LogP contribution in [0.1, 0.15) is 11.1 Å². The molecule has 0 aliphatic carbocycles. The minimum Gasteiger partial charge on any atom is -0.493 e. The SMILES string of the molecule is COc1cc(/C=C(/C#N)C(=O)N(C)C)cc(I)c1OCc1ccc(F)cc1. The van der Waals surface area contributed by atoms with Crippen LogP contribution >= 0.6 is 22.6 Å². The van der Waals surface area contributed by atoms with E-state index >= 15 is 0 Å². The maximum atomic E-state index is 13.0. The van der Waals surface area contributed by atoms with Gasteiger partial charge in [-0.25, -0.2) is 4.39 Å². The molecule has 0 saturated carbocycles. The lowest BCUT2D eigenvalue weighted by Gasteiger charge is -2.14. The molecule has 2 aromatic carbocycles. The van der Waals surface area contributed by atoms with E-state index in [1.54, 1.807) is 38.4 Å². The summed E-state index contributed by atoms with van der Waals surface area (Å²) in [6.45, 7) is 0.254. The molecule has 5 nitrogen and oxygen atoms in total. The zero-order chi connectivity index (χ0) is 20.0. The number of amides is 1. The molecule has 0 unspecified atom stereocenters. The van der Waals surface area contributed by atoms with E-state index < -0.39 is 0 Å². The smallest absolute Gasteiger partial charge is 0.264 e. The number of halogens is 2. The molecule has 0 atom stereocenters. The van der Waals surface area contributed by atoms with E-state index in [4.69, 9.17) is 9.47 Å². The molecule has 0 aromatic heterocycles. The van der Waals surface area contributed by atoms with Gasteiger partial charge in [-0.2, -0.15) is 5.26 Å². The molecular formula is C20H18FIN2O3. The van der Waals surface area contributed by atoms with Crippen LogP contribution in [0.3, 0.4) is 0 Å². The summed E-state index contributed by atoms with van der Waals surface area (Å²) in [5.74, 6) is 0.340. The second-order valence-electron chi connectivity index (χ2n) is 5.82. The van der Waals surface area contributed by atoms with Crippen LogP contribution < -0.4 is 9.47 Å². The van der Waals surface area contributed by atoms with Crippen LogP contribution in [0.5, 0.6) is 11.5 Å². The van der Waals surface area contributed by atoms with Crippen LogP contribution in [-0.4, -0.2) is 32.0 Å². The van der Waals surface area contributed by atoms with Crippen molar-refractivity contribution in [1.82, 2.24) is 4.90 Å². The number of likely N-dealkylation sites (N-methyl/N-ethyl adjacent to an activating group) is 1. The number of carbonyl (C=O) groups excluding carboxylic acids is 1. The zero-order valence-corrected chi connectivity index (χ0v) is 17.3. The molecule has 2 rings (SSSR count). The summed E-state index contributed by atoms with van der Waals surface area (Å²) in [6.07, 6.45) is 1.51. The first-order chi connectivity index (χ1) is 12.8. The van der Waals surface area contributed by atoms with E-state index in [0.717, 1.165) is 9.13 Å². The normalized spacial score (nSPS) is 10.9. The molecule has 0 bridgehead atoms. The average Bonchev–Trinajstić information content (AvgIpc) is 2.65. The number of rotatable bonds is 6. The fourth-order valence-corrected chi connectivity index (χ4v) is 3.03. The highest BCUT2D eigenvalue weighted by Gasteiger charge is 2.15. The first-order valence-electron chi connectivity index (χ1n) is 7.94. The van der Waals surface area contributed by atoms with Gasteiger partial charge in [0, 0.05) is 14.1 Å². The number of ether oxygens (including phenoxy) is 2. The molecule has 0 radical (unpaired) electrons. The predicted molar refractivity (Wildman–Crippen MR) is 109 cm³/mol. The predicted octanol–water partition coefficient (Wildman–Crippen LogP) is 4.01. The van der Waals surface area contributed by atoms with Crippen molar-refractivity contribution in [3.8, 4) is 17.6 Å². The molecule has 1 amide bonds. The molecule has 0 N–H and O–H groups in total. The summed E-state index contributed by atoms with van der Waals surface area (Å²) in [5.41, 5.74) is 1.50. The van der Waals surface area contributed by atoms with E-state index in [1.165, 1.54) is 30.2 Å². The van der Waals surface area contributed by atoms with Crippen molar-refractivity contribution in [3.63, 3.8) is 0 Å². The lowest BCUT2D eigenvalue weighted by molar-refractivity contribution is -0.124. The molecule has 140 valence electrons. The highest BCUT2D eigenvalue weighted by atomic mass is 127. The summed E-state index contributed by atoms with van der Waals surface area (Å²) < 4.78 is 25.0. The number of hydrogen-bond acceptors (Lipinski definition) is 4. The van der Waals surface area contributed by atoms with Crippen molar-refractivity contribution in [2.45, 2.75) is 6.61 Å². The van der Waals surface area contributed by atoms with Crippen LogP contribution in [0.15, 0.2) is 42.0 Å². The Balaban J connectivity index is 2.30. The van der Waals surface area contributed by atoms with Gasteiger partial charge in [0.15, 0.2) is 11.5 Å². The van der Waals surface area contributed by atoms with E-state index in [-0.39, 0.29) is 23.9 Å². The summed E-state index contributed by atoms with van der Waals surface area (Å²) >= 11 is 2.10. The third-order valence-corrected chi connectivity index (χ3v) is 4.42. The molecular weight excluding hydrogens is 462 g/mol. The second-order valence-corrected chi connectivity index (χ2v) is 6.98. The maximum Gasteiger partial charge on any atom is 0.264 e. The van der Waals surface area contributed by atoms with Gasteiger partial charge in [-0.1, -0.05) is 12.1 Å². The highest BCUT2D eigenvalue weighted by Crippen LogP contribution is 2.35. The number of hydrogen-bond donors (Lipinski definition) is 0. The number of benzene rings is 2. The quantitative estimate of drug-likeness (QED) is 0.356. The van der Waals surface area contributed by atoms with Crippen LogP contribution in [0.2, 0.25) is 0 Å². The molecule has 0 heterocycles. The molecule has 0 spiro atoms. The Kier molecular flexibility index (Phi) is 7.19. The van der Waals surface area contributed by atoms with Gasteiger partial charge in [0.05, 0.1) is 10.7 Å². The Morgan fingerprint density at radius 2 is 1.96 bits per heavy atom. The lowest BCUT2D eigenvalue weighted by Crippen LogP contribution is -2.22. The van der Waals surface area contributed by atoms with Crippen molar-refractivity contribution in [1.29, 1.82) is 5.26 Å². The number of carbonyl (C=O) groups is 1. The van der Waals surface area contributed by atoms with Gasteiger partial charge in [0.25, 0.3) is 5.91 Å². The van der Waals surface area contributed by atoms with Crippen LogP contribution in [-0.2, 0) is 11.4 Å². The Morgan fingerprint density at radius 1 is 1.30 bits per heavy atom. The second kappa shape index (κ2) is 9.37. The van der Waals surface area contributed by atoms with E-state index in [9.17, 15) is 14.4 Å². The Labute approximate surface area is 171 Å². The molecule has 0 aliphatic heterocycles. The van der Waals surface area contributed by atoms with Gasteiger partial charge in [-0.05, 0) is 64.1 Å². The summed E-state index contributed by atoms with van der Waals surface area (Å²) in [4.78, 5) is 13.4. The third kappa shape index (κ3) is 5.44. The number of methoxy groups -OCH3 is 1. The first-order valence-corrected chi connectivity index (χ1v) is 9.01. The van der Waals surface area contributed by atoms with E-state index in [2.05, 4.69) is 22.6 Å². The molecule has 0 saturated heterocycles. The first kappa shape index (κ1) is 20.7. The van der Waals surface area contributed by atoms with Crippen molar-refractivity contribution in [3.05, 3.63) is 62.5 Å². The van der Waals surface area contributed by atoms with Crippen molar-refractivity contribution in [2.24, 2.45) is 0 Å². The number of nitriles is 1. The molecule has 2 aromatic rings. The van der Waals surface area contributed by atoms with Crippen molar-refractivity contribution < 1.29 is 18.7 Å². The number of nitrogens with zero attached hydrogens (tertiary/aromatic N) is 2. The largest absolute Gasteiger partial charge is 0.493 e. The zero-order valence-electron chi connectivity index (χ0n) is 15.1. The Bertz CT molecular complexity index is 903. The fraction of sp³-hybridized carbons (Fsp3) is 0.200. The Morgan fingerprint density at radius 3 is 2.52 bits per heavy atom. The van der Waals surface area contributed by atoms with Crippen LogP contribution in [0.25, 0.3) is 6.08 Å². The maximum absolute atomic E-state index is 13.0. The van der Waals surface area contributed by atoms with Crippen LogP contribution in [0, 0.1) is 20.7 Å². The topological polar surface area (TPSA) is 62.6 Å². The van der Waals surface area contributed by atoms with Gasteiger partial charge in [-0.3, -0.25) is 4.79 Å². The highest BCUT2D eigenvalue weighted by molar-refractivity contribution is 14.1. The monoisotopic (exact) mass is 480 g/mol. The molecule has 7 heteroatoms. The van der Waals surface area contributed by atoms with E-state index in [1.807, 2.05) is 6.07 Å². The molecule has 0 aliphatic rings. The van der Waals surface area contributed by atoms with Gasteiger partial charge >= 0.3 is 0 Å². The van der Waals surface area contributed by atoms with Gasteiger partial charge in [-0.15, -0.1) is 0 Å². The van der Waals surface area contributed by atoms with Gasteiger partial charge in [0.2, 0.25) is 0 Å². The van der Waals surface area contributed by atoms with Gasteiger partial charge < -0.3 is 14.4 Å². The minimum atomic E-state index is -0.372. The van der Waals surface area contributed by atoms with E-state index in [0.29, 0.717) is 17.1 Å². The summed E-state index contributed by atoms with van der Waals surface area (Å²) in [6, 6.07) is 11.5. The standard InChI is InChI=1S/C20H18FIN2O3/c1-24(2)20(25)15(11-23)8-14-9-17(22)19(18(10-14)26-3)27-12-13-4-6-16(21)7-5-13/h4-10H,12H2,1-3H3/b15-8-. The molecule has 27 heavy (non-hydrogen) atoms. The minimum absolute atomic E-state index is 0.0258. The average molecular weight is 480 g/mol. The van der Waals surface area contributed by atoms with Crippen LogP contribution in [0.4, 0.5) is 4.39 Å². The lowest BCUT2D eigenvalue weighted by atomic mass is 10.1. The fourth-order valence-electron chi connectivity index (χ4n) is 2.25. The van der Waals surface area contributed by atoms with Gasteiger partial charge in [0.1, 0.15) is 24.1 Å².